The van der Waals surface area contributed by atoms with E-state index < -0.39 is 0 Å². The van der Waals surface area contributed by atoms with Crippen LogP contribution in [0.5, 0.6) is 0 Å². The summed E-state index contributed by atoms with van der Waals surface area (Å²) in [5.41, 5.74) is 0. The first kappa shape index (κ1) is 8.21. The number of hydrogen-bond donors (Lipinski definition) is 0. The average molecular weight is 173 g/mol. The summed E-state index contributed by atoms with van der Waals surface area (Å²) < 4.78 is 10.2. The molecule has 1 rings (SSSR count). The highest BCUT2D eigenvalue weighted by Crippen LogP contribution is 2.18. The Labute approximate surface area is 70.7 Å². The van der Waals surface area contributed by atoms with Crippen LogP contribution in [0.4, 0.5) is 0 Å². The van der Waals surface area contributed by atoms with E-state index in [2.05, 4.69) is 6.58 Å². The van der Waals surface area contributed by atoms with Crippen LogP contribution < -0.4 is 0 Å². The maximum atomic E-state index is 5.58. The second kappa shape index (κ2) is 4.09. The Hall–Kier alpha value is -0.890. The van der Waals surface area contributed by atoms with Gasteiger partial charge in [-0.2, -0.15) is 0 Å². The molecule has 0 aromatic heterocycles. The molecule has 0 aromatic rings. The summed E-state index contributed by atoms with van der Waals surface area (Å²) in [6.45, 7) is 3.59. The van der Waals surface area contributed by atoms with Gasteiger partial charge >= 0.3 is 0 Å². The summed E-state index contributed by atoms with van der Waals surface area (Å²) in [6, 6.07) is 0. The van der Waals surface area contributed by atoms with Crippen molar-refractivity contribution in [2.75, 3.05) is 5.88 Å². The van der Waals surface area contributed by atoms with Gasteiger partial charge in [-0.25, -0.2) is 0 Å². The van der Waals surface area contributed by atoms with Gasteiger partial charge in [0.15, 0.2) is 5.76 Å². The molecule has 0 aromatic carbocycles. The monoisotopic (exact) mass is 172 g/mol. The van der Waals surface area contributed by atoms with Crippen LogP contribution in [-0.2, 0) is 9.47 Å². The Morgan fingerprint density at radius 3 is 2.55 bits per heavy atom. The summed E-state index contributed by atoms with van der Waals surface area (Å²) in [4.78, 5) is 0. The van der Waals surface area contributed by atoms with Crippen molar-refractivity contribution in [1.82, 2.24) is 0 Å². The normalized spacial score (nSPS) is 15.7. The summed E-state index contributed by atoms with van der Waals surface area (Å²) in [7, 11) is 0. The highest BCUT2D eigenvalue weighted by atomic mass is 35.5. The molecule has 0 saturated carbocycles. The fourth-order valence-corrected chi connectivity index (χ4v) is 0.962. The Kier molecular flexibility index (Phi) is 3.05. The van der Waals surface area contributed by atoms with Crippen LogP contribution in [0, 0.1) is 0 Å². The zero-order chi connectivity index (χ0) is 8.10. The molecular weight excluding hydrogens is 164 g/mol. The van der Waals surface area contributed by atoms with E-state index in [1.165, 1.54) is 12.5 Å². The van der Waals surface area contributed by atoms with Crippen LogP contribution in [0.2, 0.25) is 0 Å². The van der Waals surface area contributed by atoms with Crippen molar-refractivity contribution in [2.24, 2.45) is 0 Å². The lowest BCUT2D eigenvalue weighted by atomic mass is 10.3. The lowest BCUT2D eigenvalue weighted by molar-refractivity contribution is 0.225. The molecule has 60 valence electrons. The van der Waals surface area contributed by atoms with Gasteiger partial charge in [0, 0.05) is 6.42 Å². The van der Waals surface area contributed by atoms with Gasteiger partial charge in [-0.1, -0.05) is 6.08 Å². The molecule has 0 aliphatic carbocycles. The molecule has 3 heteroatoms. The molecule has 2 nitrogen and oxygen atoms in total. The zero-order valence-electron chi connectivity index (χ0n) is 6.05. The van der Waals surface area contributed by atoms with E-state index in [1.807, 2.05) is 0 Å². The Balaban J connectivity index is 2.67. The number of ether oxygens (including phenoxy) is 2. The number of allylic oxidation sites excluding steroid dienone is 2. The topological polar surface area (TPSA) is 18.5 Å². The number of rotatable bonds is 3. The molecule has 1 heterocycles. The van der Waals surface area contributed by atoms with Gasteiger partial charge in [0.25, 0.3) is 0 Å². The largest absolute Gasteiger partial charge is 0.462 e. The Morgan fingerprint density at radius 2 is 2.00 bits per heavy atom. The minimum atomic E-state index is 0.327. The molecule has 0 unspecified atom stereocenters. The third-order valence-corrected chi connectivity index (χ3v) is 1.48. The fraction of sp³-hybridized carbons (Fsp3) is 0.250. The molecular formula is C8H9ClO2. The molecule has 0 amide bonds. The highest BCUT2D eigenvalue weighted by Gasteiger charge is 2.09. The molecule has 0 atom stereocenters. The van der Waals surface area contributed by atoms with Crippen LogP contribution in [-0.4, -0.2) is 5.88 Å². The lowest BCUT2D eigenvalue weighted by Crippen LogP contribution is -2.01. The predicted octanol–water partition coefficient (Wildman–Crippen LogP) is 2.53. The number of halogens is 1. The van der Waals surface area contributed by atoms with Crippen molar-refractivity contribution >= 4 is 11.6 Å². The van der Waals surface area contributed by atoms with E-state index in [-0.39, 0.29) is 0 Å². The van der Waals surface area contributed by atoms with Crippen molar-refractivity contribution in [2.45, 2.75) is 6.42 Å². The van der Waals surface area contributed by atoms with Crippen LogP contribution in [0.3, 0.4) is 0 Å². The minimum absolute atomic E-state index is 0.327. The molecule has 0 saturated heterocycles. The summed E-state index contributed by atoms with van der Waals surface area (Å²) in [5, 5.41) is 0. The van der Waals surface area contributed by atoms with E-state index in [0.29, 0.717) is 18.1 Å². The first-order valence-corrected chi connectivity index (χ1v) is 3.79. The van der Waals surface area contributed by atoms with E-state index in [9.17, 15) is 0 Å². The quantitative estimate of drug-likeness (QED) is 0.481. The van der Waals surface area contributed by atoms with Gasteiger partial charge < -0.3 is 9.47 Å². The second-order valence-electron chi connectivity index (χ2n) is 1.98. The molecule has 0 spiro atoms. The number of hydrogen-bond acceptors (Lipinski definition) is 2. The summed E-state index contributed by atoms with van der Waals surface area (Å²) in [6.07, 6.45) is 5.33. The fourth-order valence-electron chi connectivity index (χ4n) is 0.750. The standard InChI is InChI=1S/C8H9ClO2/c1-2-3-7-8(6-9)11-5-4-10-7/h2,4-5H,1,3,6H2. The van der Waals surface area contributed by atoms with Crippen molar-refractivity contribution in [3.05, 3.63) is 36.7 Å². The second-order valence-corrected chi connectivity index (χ2v) is 2.25. The van der Waals surface area contributed by atoms with E-state index in [4.69, 9.17) is 21.1 Å². The molecule has 1 aliphatic rings. The van der Waals surface area contributed by atoms with Crippen LogP contribution in [0.15, 0.2) is 36.7 Å². The maximum absolute atomic E-state index is 5.58. The van der Waals surface area contributed by atoms with E-state index >= 15 is 0 Å². The first-order valence-electron chi connectivity index (χ1n) is 3.25. The van der Waals surface area contributed by atoms with Crippen molar-refractivity contribution < 1.29 is 9.47 Å². The van der Waals surface area contributed by atoms with Crippen LogP contribution in [0.1, 0.15) is 6.42 Å². The number of alkyl halides is 1. The Morgan fingerprint density at radius 1 is 1.36 bits per heavy atom. The van der Waals surface area contributed by atoms with Gasteiger partial charge in [-0.3, -0.25) is 0 Å². The van der Waals surface area contributed by atoms with Gasteiger partial charge in [0.1, 0.15) is 18.3 Å². The van der Waals surface area contributed by atoms with E-state index in [0.717, 1.165) is 5.76 Å². The lowest BCUT2D eigenvalue weighted by Gasteiger charge is -2.13. The smallest absolute Gasteiger partial charge is 0.156 e. The van der Waals surface area contributed by atoms with Crippen LogP contribution >= 0.6 is 11.6 Å². The van der Waals surface area contributed by atoms with Gasteiger partial charge in [-0.15, -0.1) is 18.2 Å². The molecule has 11 heavy (non-hydrogen) atoms. The molecule has 0 N–H and O–H groups in total. The summed E-state index contributed by atoms with van der Waals surface area (Å²) >= 11 is 5.58. The SMILES string of the molecule is C=CCC1=C(CCl)OC=CO1. The third-order valence-electron chi connectivity index (χ3n) is 1.24. The predicted molar refractivity (Wildman–Crippen MR) is 43.9 cm³/mol. The van der Waals surface area contributed by atoms with Crippen molar-refractivity contribution in [1.29, 1.82) is 0 Å². The molecule has 0 radical (unpaired) electrons. The van der Waals surface area contributed by atoms with Gasteiger partial charge in [-0.05, 0) is 0 Å². The van der Waals surface area contributed by atoms with Gasteiger partial charge in [0.05, 0.1) is 5.88 Å². The zero-order valence-corrected chi connectivity index (χ0v) is 6.80. The molecule has 0 fully saturated rings. The molecule has 1 aliphatic heterocycles. The minimum Gasteiger partial charge on any atom is -0.462 e. The average Bonchev–Trinajstić information content (AvgIpc) is 2.06. The van der Waals surface area contributed by atoms with Crippen LogP contribution in [0.25, 0.3) is 0 Å². The third kappa shape index (κ3) is 2.02. The highest BCUT2D eigenvalue weighted by molar-refractivity contribution is 6.19. The molecule has 0 bridgehead atoms. The summed E-state index contributed by atoms with van der Waals surface area (Å²) in [5.74, 6) is 1.72. The maximum Gasteiger partial charge on any atom is 0.156 e. The Bertz CT molecular complexity index is 202. The van der Waals surface area contributed by atoms with Crippen molar-refractivity contribution in [3.63, 3.8) is 0 Å². The van der Waals surface area contributed by atoms with Gasteiger partial charge in [0.2, 0.25) is 0 Å². The van der Waals surface area contributed by atoms with Crippen molar-refractivity contribution in [3.8, 4) is 0 Å². The van der Waals surface area contributed by atoms with E-state index in [1.54, 1.807) is 6.08 Å². The first-order chi connectivity index (χ1) is 5.38.